The van der Waals surface area contributed by atoms with Crippen molar-refractivity contribution in [1.29, 1.82) is 0 Å². The molecule has 3 rings (SSSR count). The highest BCUT2D eigenvalue weighted by molar-refractivity contribution is 5.98. The number of amides is 1. The molecule has 1 N–H and O–H groups in total. The van der Waals surface area contributed by atoms with Crippen LogP contribution in [0, 0.1) is 11.8 Å². The largest absolute Gasteiger partial charge is 0.497 e. The minimum absolute atomic E-state index is 0.176. The van der Waals surface area contributed by atoms with Gasteiger partial charge in [-0.1, -0.05) is 12.2 Å². The highest BCUT2D eigenvalue weighted by Crippen LogP contribution is 2.40. The molecule has 1 fully saturated rings. The van der Waals surface area contributed by atoms with Crippen molar-refractivity contribution in [2.24, 2.45) is 16.9 Å². The van der Waals surface area contributed by atoms with Crippen molar-refractivity contribution in [3.05, 3.63) is 42.0 Å². The molecule has 2 aliphatic rings. The van der Waals surface area contributed by atoms with Gasteiger partial charge in [0, 0.05) is 17.2 Å². The van der Waals surface area contributed by atoms with Crippen molar-refractivity contribution < 1.29 is 9.53 Å². The predicted molar refractivity (Wildman–Crippen MR) is 73.2 cm³/mol. The van der Waals surface area contributed by atoms with Crippen molar-refractivity contribution in [3.8, 4) is 5.75 Å². The first-order valence-corrected chi connectivity index (χ1v) is 6.45. The molecule has 1 amide bonds. The van der Waals surface area contributed by atoms with Crippen LogP contribution in [0.2, 0.25) is 0 Å². The summed E-state index contributed by atoms with van der Waals surface area (Å²) in [6.07, 6.45) is 6.48. The smallest absolute Gasteiger partial charge is 0.271 e. The fraction of sp³-hybridized carbons (Fsp3) is 0.333. The molecule has 0 unspecified atom stereocenters. The van der Waals surface area contributed by atoms with Crippen LogP contribution in [0.5, 0.6) is 5.75 Å². The van der Waals surface area contributed by atoms with Gasteiger partial charge in [-0.2, -0.15) is 5.10 Å². The van der Waals surface area contributed by atoms with Gasteiger partial charge in [0.15, 0.2) is 0 Å². The van der Waals surface area contributed by atoms with Crippen molar-refractivity contribution in [2.75, 3.05) is 7.11 Å². The van der Waals surface area contributed by atoms with E-state index in [4.69, 9.17) is 4.74 Å². The average Bonchev–Trinajstić information content (AvgIpc) is 2.80. The molecule has 0 aliphatic heterocycles. The zero-order valence-corrected chi connectivity index (χ0v) is 10.8. The van der Waals surface area contributed by atoms with Gasteiger partial charge in [-0.05, 0) is 43.0 Å². The molecule has 0 radical (unpaired) electrons. The number of hydrazone groups is 1. The third-order valence-corrected chi connectivity index (χ3v) is 3.82. The van der Waals surface area contributed by atoms with Crippen molar-refractivity contribution in [3.63, 3.8) is 0 Å². The third kappa shape index (κ3) is 2.26. The summed E-state index contributed by atoms with van der Waals surface area (Å²) >= 11 is 0. The summed E-state index contributed by atoms with van der Waals surface area (Å²) in [6.45, 7) is 0. The van der Waals surface area contributed by atoms with E-state index in [0.29, 0.717) is 17.4 Å². The van der Waals surface area contributed by atoms with Crippen molar-refractivity contribution in [2.45, 2.75) is 12.8 Å². The molecule has 0 saturated heterocycles. The van der Waals surface area contributed by atoms with Crippen LogP contribution in [0.1, 0.15) is 23.2 Å². The van der Waals surface area contributed by atoms with Crippen LogP contribution in [-0.2, 0) is 0 Å². The molecule has 1 aromatic carbocycles. The van der Waals surface area contributed by atoms with Crippen LogP contribution >= 0.6 is 0 Å². The zero-order chi connectivity index (χ0) is 13.2. The summed E-state index contributed by atoms with van der Waals surface area (Å²) in [5, 5.41) is 4.24. The van der Waals surface area contributed by atoms with Crippen LogP contribution in [0.25, 0.3) is 0 Å². The summed E-state index contributed by atoms with van der Waals surface area (Å²) in [5.74, 6) is 1.74. The van der Waals surface area contributed by atoms with E-state index >= 15 is 0 Å². The van der Waals surface area contributed by atoms with Gasteiger partial charge in [0.25, 0.3) is 5.91 Å². The summed E-state index contributed by atoms with van der Waals surface area (Å²) < 4.78 is 5.05. The van der Waals surface area contributed by atoms with Gasteiger partial charge < -0.3 is 4.74 Å². The van der Waals surface area contributed by atoms with E-state index in [1.807, 2.05) is 0 Å². The Hall–Kier alpha value is -2.10. The molecule has 1 saturated carbocycles. The van der Waals surface area contributed by atoms with Gasteiger partial charge >= 0.3 is 0 Å². The van der Waals surface area contributed by atoms with Crippen molar-refractivity contribution >= 4 is 11.6 Å². The van der Waals surface area contributed by atoms with Crippen LogP contribution in [0.3, 0.4) is 0 Å². The van der Waals surface area contributed by atoms with E-state index < -0.39 is 0 Å². The zero-order valence-electron chi connectivity index (χ0n) is 10.8. The second-order valence-electron chi connectivity index (χ2n) is 4.91. The van der Waals surface area contributed by atoms with E-state index in [-0.39, 0.29) is 5.91 Å². The fourth-order valence-electron chi connectivity index (χ4n) is 2.59. The van der Waals surface area contributed by atoms with Crippen LogP contribution in [-0.4, -0.2) is 18.7 Å². The lowest BCUT2D eigenvalue weighted by Crippen LogP contribution is -2.35. The van der Waals surface area contributed by atoms with Gasteiger partial charge in [0.05, 0.1) is 7.11 Å². The number of allylic oxidation sites excluding steroid dienone is 2. The number of fused-ring (bicyclic) bond motifs is 1. The van der Waals surface area contributed by atoms with Crippen molar-refractivity contribution in [1.82, 2.24) is 5.43 Å². The summed E-state index contributed by atoms with van der Waals surface area (Å²) in [6, 6.07) is 6.99. The topological polar surface area (TPSA) is 50.7 Å². The van der Waals surface area contributed by atoms with Gasteiger partial charge in [-0.15, -0.1) is 0 Å². The first-order chi connectivity index (χ1) is 9.28. The number of nitrogens with one attached hydrogen (secondary N) is 1. The minimum atomic E-state index is -0.176. The number of carbonyl (C=O) groups is 1. The molecular formula is C15H16N2O2. The normalized spacial score (nSPS) is 25.8. The Labute approximate surface area is 112 Å². The SMILES string of the molecule is COc1ccc(C(=O)N/N=C2/C[C@@H]3C=CC[C@H]23)cc1. The number of hydrogen-bond acceptors (Lipinski definition) is 3. The van der Waals surface area contributed by atoms with Crippen LogP contribution in [0.15, 0.2) is 41.5 Å². The molecule has 0 spiro atoms. The van der Waals surface area contributed by atoms with Gasteiger partial charge in [0.1, 0.15) is 5.75 Å². The van der Waals surface area contributed by atoms with Gasteiger partial charge in [0.2, 0.25) is 0 Å². The number of ether oxygens (including phenoxy) is 1. The van der Waals surface area contributed by atoms with Crippen LogP contribution in [0.4, 0.5) is 0 Å². The molecule has 0 aromatic heterocycles. The lowest BCUT2D eigenvalue weighted by Gasteiger charge is -2.31. The Morgan fingerprint density at radius 1 is 1.37 bits per heavy atom. The maximum Gasteiger partial charge on any atom is 0.271 e. The number of hydrogen-bond donors (Lipinski definition) is 1. The Morgan fingerprint density at radius 3 is 2.84 bits per heavy atom. The molecule has 1 aromatic rings. The number of carbonyl (C=O) groups excluding carboxylic acids is 1. The monoisotopic (exact) mass is 256 g/mol. The molecular weight excluding hydrogens is 240 g/mol. The quantitative estimate of drug-likeness (QED) is 0.666. The standard InChI is InChI=1S/C15H16N2O2/c1-19-12-7-5-10(6-8-12)15(18)17-16-14-9-11-3-2-4-13(11)14/h2-3,5-8,11,13H,4,9H2,1H3,(H,17,18)/b16-14-/t11-,13-/m0/s1. The first-order valence-electron chi connectivity index (χ1n) is 6.45. The maximum atomic E-state index is 11.9. The molecule has 2 aliphatic carbocycles. The maximum absolute atomic E-state index is 11.9. The Kier molecular flexibility index (Phi) is 3.07. The highest BCUT2D eigenvalue weighted by atomic mass is 16.5. The Bertz CT molecular complexity index is 546. The van der Waals surface area contributed by atoms with Gasteiger partial charge in [-0.25, -0.2) is 5.43 Å². The Balaban J connectivity index is 1.60. The molecule has 19 heavy (non-hydrogen) atoms. The van der Waals surface area contributed by atoms with E-state index in [0.717, 1.165) is 24.3 Å². The number of benzene rings is 1. The number of rotatable bonds is 3. The summed E-state index contributed by atoms with van der Waals surface area (Å²) in [5.41, 5.74) is 4.33. The second kappa shape index (κ2) is 4.88. The number of methoxy groups -OCH3 is 1. The summed E-state index contributed by atoms with van der Waals surface area (Å²) in [7, 11) is 1.60. The molecule has 4 heteroatoms. The minimum Gasteiger partial charge on any atom is -0.497 e. The second-order valence-corrected chi connectivity index (χ2v) is 4.91. The molecule has 0 bridgehead atoms. The Morgan fingerprint density at radius 2 is 2.16 bits per heavy atom. The lowest BCUT2D eigenvalue weighted by atomic mass is 9.74. The predicted octanol–water partition coefficient (Wildman–Crippen LogP) is 2.38. The number of nitrogens with zero attached hydrogens (tertiary/aromatic N) is 1. The lowest BCUT2D eigenvalue weighted by molar-refractivity contribution is 0.0954. The molecule has 98 valence electrons. The molecule has 0 heterocycles. The average molecular weight is 256 g/mol. The highest BCUT2D eigenvalue weighted by Gasteiger charge is 2.37. The fourth-order valence-corrected chi connectivity index (χ4v) is 2.59. The van der Waals surface area contributed by atoms with E-state index in [1.54, 1.807) is 31.4 Å². The third-order valence-electron chi connectivity index (χ3n) is 3.82. The molecule has 2 atom stereocenters. The molecule has 4 nitrogen and oxygen atoms in total. The van der Waals surface area contributed by atoms with E-state index in [9.17, 15) is 4.79 Å². The van der Waals surface area contributed by atoms with E-state index in [2.05, 4.69) is 22.7 Å². The van der Waals surface area contributed by atoms with Gasteiger partial charge in [-0.3, -0.25) is 4.79 Å². The summed E-state index contributed by atoms with van der Waals surface area (Å²) in [4.78, 5) is 11.9. The van der Waals surface area contributed by atoms with Crippen LogP contribution < -0.4 is 10.2 Å². The van der Waals surface area contributed by atoms with E-state index in [1.165, 1.54) is 0 Å². The first kappa shape index (κ1) is 12.0.